The highest BCUT2D eigenvalue weighted by Gasteiger charge is 2.21. The van der Waals surface area contributed by atoms with E-state index in [-0.39, 0.29) is 5.91 Å². The minimum absolute atomic E-state index is 0.146. The Hall–Kier alpha value is -0.850. The summed E-state index contributed by atoms with van der Waals surface area (Å²) in [7, 11) is 1.61. The van der Waals surface area contributed by atoms with E-state index in [0.717, 1.165) is 15.8 Å². The van der Waals surface area contributed by atoms with Crippen LogP contribution in [-0.2, 0) is 4.79 Å². The van der Waals surface area contributed by atoms with E-state index in [9.17, 15) is 4.79 Å². The third-order valence-electron chi connectivity index (χ3n) is 2.12. The smallest absolute Gasteiger partial charge is 0.263 e. The molecule has 0 saturated carbocycles. The summed E-state index contributed by atoms with van der Waals surface area (Å²) in [6, 6.07) is 5.61. The van der Waals surface area contributed by atoms with Crippen LogP contribution in [0.25, 0.3) is 6.08 Å². The molecule has 1 aliphatic heterocycles. The zero-order valence-electron chi connectivity index (χ0n) is 8.82. The molecule has 1 aromatic rings. The van der Waals surface area contributed by atoms with Gasteiger partial charge in [-0.25, -0.2) is 0 Å². The van der Waals surface area contributed by atoms with E-state index in [2.05, 4.69) is 21.2 Å². The van der Waals surface area contributed by atoms with Gasteiger partial charge in [0, 0.05) is 0 Å². The lowest BCUT2D eigenvalue weighted by Crippen LogP contribution is -2.17. The van der Waals surface area contributed by atoms with Crippen LogP contribution in [0.5, 0.6) is 5.75 Å². The average molecular weight is 330 g/mol. The Kier molecular flexibility index (Phi) is 3.86. The number of rotatable bonds is 2. The van der Waals surface area contributed by atoms with Gasteiger partial charge in [0.15, 0.2) is 0 Å². The number of hydrogen-bond acceptors (Lipinski definition) is 4. The number of ether oxygens (including phenoxy) is 1. The van der Waals surface area contributed by atoms with E-state index >= 15 is 0 Å². The van der Waals surface area contributed by atoms with E-state index in [1.807, 2.05) is 18.2 Å². The second-order valence-corrected chi connectivity index (χ2v) is 5.82. The van der Waals surface area contributed by atoms with Gasteiger partial charge in [0.05, 0.1) is 16.5 Å². The molecule has 0 aromatic heterocycles. The first kappa shape index (κ1) is 12.6. The fourth-order valence-corrected chi connectivity index (χ4v) is 2.95. The molecule has 1 saturated heterocycles. The third kappa shape index (κ3) is 2.88. The van der Waals surface area contributed by atoms with E-state index in [4.69, 9.17) is 17.0 Å². The first-order valence-electron chi connectivity index (χ1n) is 4.68. The second kappa shape index (κ2) is 5.20. The van der Waals surface area contributed by atoms with Crippen molar-refractivity contribution in [2.75, 3.05) is 7.11 Å². The first-order chi connectivity index (χ1) is 8.10. The van der Waals surface area contributed by atoms with Crippen molar-refractivity contribution in [3.8, 4) is 5.75 Å². The minimum Gasteiger partial charge on any atom is -0.496 e. The van der Waals surface area contributed by atoms with Crippen LogP contribution in [0.2, 0.25) is 0 Å². The molecule has 1 aromatic carbocycles. The Balaban J connectivity index is 2.30. The standard InChI is InChI=1S/C11H8BrNO2S2/c1-15-8-3-2-6(4-7(8)12)5-9-10(14)13-11(16)17-9/h2-5H,1H3,(H,13,14,16). The Morgan fingerprint density at radius 1 is 1.53 bits per heavy atom. The van der Waals surface area contributed by atoms with Gasteiger partial charge < -0.3 is 10.1 Å². The summed E-state index contributed by atoms with van der Waals surface area (Å²) in [6.45, 7) is 0. The molecule has 1 fully saturated rings. The molecule has 2 rings (SSSR count). The van der Waals surface area contributed by atoms with Crippen LogP contribution in [0.3, 0.4) is 0 Å². The highest BCUT2D eigenvalue weighted by atomic mass is 79.9. The van der Waals surface area contributed by atoms with Crippen molar-refractivity contribution in [3.63, 3.8) is 0 Å². The number of thiocarbonyl (C=S) groups is 1. The molecular formula is C11H8BrNO2S2. The summed E-state index contributed by atoms with van der Waals surface area (Å²) in [4.78, 5) is 12.1. The minimum atomic E-state index is -0.146. The fourth-order valence-electron chi connectivity index (χ4n) is 1.34. The number of benzene rings is 1. The van der Waals surface area contributed by atoms with Crippen molar-refractivity contribution >= 4 is 56.2 Å². The highest BCUT2D eigenvalue weighted by Crippen LogP contribution is 2.29. The average Bonchev–Trinajstić information content (AvgIpc) is 2.58. The van der Waals surface area contributed by atoms with Gasteiger partial charge in [0.1, 0.15) is 10.1 Å². The van der Waals surface area contributed by atoms with Crippen LogP contribution in [0.4, 0.5) is 0 Å². The molecule has 0 spiro atoms. The second-order valence-electron chi connectivity index (χ2n) is 3.25. The van der Waals surface area contributed by atoms with Gasteiger partial charge >= 0.3 is 0 Å². The lowest BCUT2D eigenvalue weighted by atomic mass is 10.2. The van der Waals surface area contributed by atoms with Gasteiger partial charge in [0.2, 0.25) is 0 Å². The molecule has 0 radical (unpaired) electrons. The number of methoxy groups -OCH3 is 1. The zero-order chi connectivity index (χ0) is 12.4. The predicted molar refractivity (Wildman–Crippen MR) is 77.0 cm³/mol. The van der Waals surface area contributed by atoms with Crippen LogP contribution >= 0.6 is 39.9 Å². The van der Waals surface area contributed by atoms with Crippen LogP contribution in [0, 0.1) is 0 Å². The number of carbonyl (C=O) groups excluding carboxylic acids is 1. The van der Waals surface area contributed by atoms with Crippen LogP contribution in [0.1, 0.15) is 5.56 Å². The van der Waals surface area contributed by atoms with Crippen LogP contribution in [0.15, 0.2) is 27.6 Å². The van der Waals surface area contributed by atoms with Gasteiger partial charge in [-0.2, -0.15) is 0 Å². The summed E-state index contributed by atoms with van der Waals surface area (Å²) >= 11 is 9.58. The summed E-state index contributed by atoms with van der Waals surface area (Å²) < 4.78 is 6.48. The summed E-state index contributed by atoms with van der Waals surface area (Å²) in [5, 5.41) is 2.58. The maximum atomic E-state index is 11.5. The van der Waals surface area contributed by atoms with Crippen LogP contribution in [-0.4, -0.2) is 17.3 Å². The number of amides is 1. The molecule has 0 aliphatic carbocycles. The van der Waals surface area contributed by atoms with Crippen molar-refractivity contribution < 1.29 is 9.53 Å². The van der Waals surface area contributed by atoms with Gasteiger partial charge in [-0.3, -0.25) is 4.79 Å². The molecule has 88 valence electrons. The molecule has 6 heteroatoms. The van der Waals surface area contributed by atoms with Crippen molar-refractivity contribution in [1.29, 1.82) is 0 Å². The topological polar surface area (TPSA) is 38.3 Å². The van der Waals surface area contributed by atoms with E-state index < -0.39 is 0 Å². The SMILES string of the molecule is COc1ccc(C=C2SC(=S)NC2=O)cc1Br. The number of carbonyl (C=O) groups is 1. The van der Waals surface area contributed by atoms with Gasteiger partial charge in [0.25, 0.3) is 5.91 Å². The molecule has 0 unspecified atom stereocenters. The van der Waals surface area contributed by atoms with E-state index in [1.54, 1.807) is 13.2 Å². The summed E-state index contributed by atoms with van der Waals surface area (Å²) in [5.74, 6) is 0.609. The van der Waals surface area contributed by atoms with Crippen molar-refractivity contribution in [3.05, 3.63) is 33.1 Å². The maximum Gasteiger partial charge on any atom is 0.263 e. The van der Waals surface area contributed by atoms with Crippen molar-refractivity contribution in [1.82, 2.24) is 5.32 Å². The Labute approximate surface area is 117 Å². The molecule has 0 bridgehead atoms. The molecule has 17 heavy (non-hydrogen) atoms. The first-order valence-corrected chi connectivity index (χ1v) is 6.70. The van der Waals surface area contributed by atoms with E-state index in [0.29, 0.717) is 9.23 Å². The van der Waals surface area contributed by atoms with Crippen molar-refractivity contribution in [2.24, 2.45) is 0 Å². The molecule has 0 atom stereocenters. The quantitative estimate of drug-likeness (QED) is 0.668. The van der Waals surface area contributed by atoms with E-state index in [1.165, 1.54) is 11.8 Å². The summed E-state index contributed by atoms with van der Waals surface area (Å²) in [6.07, 6.45) is 1.80. The number of hydrogen-bond donors (Lipinski definition) is 1. The van der Waals surface area contributed by atoms with Gasteiger partial charge in [-0.05, 0) is 39.7 Å². The molecule has 1 aliphatic rings. The van der Waals surface area contributed by atoms with Gasteiger partial charge in [-0.15, -0.1) is 0 Å². The molecule has 1 amide bonds. The lowest BCUT2D eigenvalue weighted by Gasteiger charge is -2.03. The Morgan fingerprint density at radius 2 is 2.29 bits per heavy atom. The predicted octanol–water partition coefficient (Wildman–Crippen LogP) is 2.95. The Bertz CT molecular complexity index is 528. The number of nitrogens with one attached hydrogen (secondary N) is 1. The number of halogens is 1. The zero-order valence-corrected chi connectivity index (χ0v) is 12.0. The number of thioether (sulfide) groups is 1. The molecule has 3 nitrogen and oxygen atoms in total. The fraction of sp³-hybridized carbons (Fsp3) is 0.0909. The monoisotopic (exact) mass is 329 g/mol. The van der Waals surface area contributed by atoms with Crippen molar-refractivity contribution in [2.45, 2.75) is 0 Å². The van der Waals surface area contributed by atoms with Crippen LogP contribution < -0.4 is 10.1 Å². The Morgan fingerprint density at radius 3 is 2.82 bits per heavy atom. The third-order valence-corrected chi connectivity index (χ3v) is 3.90. The lowest BCUT2D eigenvalue weighted by molar-refractivity contribution is -0.115. The highest BCUT2D eigenvalue weighted by molar-refractivity contribution is 9.10. The maximum absolute atomic E-state index is 11.5. The molecular weight excluding hydrogens is 322 g/mol. The largest absolute Gasteiger partial charge is 0.496 e. The normalized spacial score (nSPS) is 17.4. The molecule has 1 heterocycles. The van der Waals surface area contributed by atoms with Gasteiger partial charge in [-0.1, -0.05) is 30.0 Å². The molecule has 1 N–H and O–H groups in total. The summed E-state index contributed by atoms with van der Waals surface area (Å²) in [5.41, 5.74) is 0.917.